The van der Waals surface area contributed by atoms with Crippen LogP contribution in [-0.2, 0) is 16.0 Å². The predicted molar refractivity (Wildman–Crippen MR) is 120 cm³/mol. The van der Waals surface area contributed by atoms with E-state index in [0.29, 0.717) is 17.4 Å². The molecule has 0 aliphatic heterocycles. The molecule has 9 heteroatoms. The molecule has 2 amide bonds. The molecule has 0 radical (unpaired) electrons. The molecule has 4 rings (SSSR count). The van der Waals surface area contributed by atoms with Gasteiger partial charge in [-0.2, -0.15) is 0 Å². The number of anilines is 2. The highest BCUT2D eigenvalue weighted by Gasteiger charge is 2.31. The van der Waals surface area contributed by atoms with Crippen LogP contribution in [0.15, 0.2) is 46.9 Å². The Morgan fingerprint density at radius 1 is 1.17 bits per heavy atom. The van der Waals surface area contributed by atoms with Crippen LogP contribution in [0.3, 0.4) is 0 Å². The van der Waals surface area contributed by atoms with Crippen LogP contribution in [0.5, 0.6) is 0 Å². The van der Waals surface area contributed by atoms with Gasteiger partial charge >= 0.3 is 0 Å². The molecule has 2 N–H and O–H groups in total. The fourth-order valence-electron chi connectivity index (χ4n) is 3.07. The largest absolute Gasteiger partial charge is 0.326 e. The van der Waals surface area contributed by atoms with Crippen molar-refractivity contribution >= 4 is 46.3 Å². The molecule has 0 unspecified atom stereocenters. The van der Waals surface area contributed by atoms with Crippen LogP contribution < -0.4 is 10.6 Å². The van der Waals surface area contributed by atoms with Crippen LogP contribution in [0.25, 0.3) is 0 Å². The van der Waals surface area contributed by atoms with E-state index >= 15 is 0 Å². The van der Waals surface area contributed by atoms with Crippen LogP contribution in [-0.4, -0.2) is 31.8 Å². The van der Waals surface area contributed by atoms with Gasteiger partial charge in [0, 0.05) is 35.6 Å². The van der Waals surface area contributed by atoms with Crippen LogP contribution in [0.2, 0.25) is 0 Å². The number of carbonyl (C=O) groups is 2. The molecule has 30 heavy (non-hydrogen) atoms. The van der Waals surface area contributed by atoms with Gasteiger partial charge < -0.3 is 15.2 Å². The Labute approximate surface area is 183 Å². The molecular weight excluding hydrogens is 418 g/mol. The standard InChI is InChI=1S/C21H23N5O2S2/c1-13(20(28)23-16-7-5-15(6-8-16)22-14(2)27)30-21-25-24-19(26(21)17-9-10-17)12-18-4-3-11-29-18/h3-8,11,13,17H,9-10,12H2,1-2H3,(H,22,27)(H,23,28)/t13-/m1/s1. The molecule has 1 aliphatic rings. The van der Waals surface area contributed by atoms with Crippen molar-refractivity contribution in [2.24, 2.45) is 0 Å². The normalized spacial score (nSPS) is 14.3. The lowest BCUT2D eigenvalue weighted by atomic mass is 10.2. The summed E-state index contributed by atoms with van der Waals surface area (Å²) in [6, 6.07) is 11.7. The predicted octanol–water partition coefficient (Wildman–Crippen LogP) is 4.34. The summed E-state index contributed by atoms with van der Waals surface area (Å²) in [5.41, 5.74) is 1.38. The number of thiophene rings is 1. The van der Waals surface area contributed by atoms with Crippen molar-refractivity contribution in [2.45, 2.75) is 49.6 Å². The van der Waals surface area contributed by atoms with Gasteiger partial charge in [0.2, 0.25) is 11.8 Å². The van der Waals surface area contributed by atoms with Crippen LogP contribution in [0.4, 0.5) is 11.4 Å². The molecular formula is C21H23N5O2S2. The third-order valence-corrected chi connectivity index (χ3v) is 6.62. The molecule has 0 spiro atoms. The van der Waals surface area contributed by atoms with Gasteiger partial charge in [-0.05, 0) is 55.5 Å². The average Bonchev–Trinajstić information content (AvgIpc) is 3.27. The molecule has 0 saturated heterocycles. The fourth-order valence-corrected chi connectivity index (χ4v) is 4.71. The summed E-state index contributed by atoms with van der Waals surface area (Å²) in [5.74, 6) is 0.732. The fraction of sp³-hybridized carbons (Fsp3) is 0.333. The summed E-state index contributed by atoms with van der Waals surface area (Å²) in [4.78, 5) is 25.1. The van der Waals surface area contributed by atoms with Crippen molar-refractivity contribution in [2.75, 3.05) is 10.6 Å². The minimum atomic E-state index is -0.323. The first kappa shape index (κ1) is 20.6. The lowest BCUT2D eigenvalue weighted by molar-refractivity contribution is -0.115. The second-order valence-electron chi connectivity index (χ2n) is 7.26. The summed E-state index contributed by atoms with van der Waals surface area (Å²) in [6.07, 6.45) is 3.03. The third-order valence-electron chi connectivity index (χ3n) is 4.68. The zero-order valence-electron chi connectivity index (χ0n) is 16.8. The number of thioether (sulfide) groups is 1. The van der Waals surface area contributed by atoms with Crippen molar-refractivity contribution < 1.29 is 9.59 Å². The minimum Gasteiger partial charge on any atom is -0.326 e. The van der Waals surface area contributed by atoms with Crippen molar-refractivity contribution in [3.8, 4) is 0 Å². The van der Waals surface area contributed by atoms with E-state index in [1.165, 1.54) is 23.6 Å². The first-order valence-electron chi connectivity index (χ1n) is 9.81. The number of amides is 2. The van der Waals surface area contributed by atoms with Gasteiger partial charge in [-0.3, -0.25) is 9.59 Å². The molecule has 7 nitrogen and oxygen atoms in total. The zero-order chi connectivity index (χ0) is 21.1. The summed E-state index contributed by atoms with van der Waals surface area (Å²) >= 11 is 3.15. The molecule has 3 aromatic rings. The molecule has 2 aromatic heterocycles. The number of nitrogens with one attached hydrogen (secondary N) is 2. The Balaban J connectivity index is 1.40. The van der Waals surface area contributed by atoms with Gasteiger partial charge in [0.05, 0.1) is 5.25 Å². The molecule has 1 fully saturated rings. The Kier molecular flexibility index (Phi) is 6.19. The van der Waals surface area contributed by atoms with E-state index in [1.54, 1.807) is 35.6 Å². The summed E-state index contributed by atoms with van der Waals surface area (Å²) in [7, 11) is 0. The van der Waals surface area contributed by atoms with Crippen LogP contribution >= 0.6 is 23.1 Å². The van der Waals surface area contributed by atoms with E-state index in [4.69, 9.17) is 0 Å². The highest BCUT2D eigenvalue weighted by Crippen LogP contribution is 2.40. The van der Waals surface area contributed by atoms with Crippen molar-refractivity contribution in [3.63, 3.8) is 0 Å². The molecule has 2 heterocycles. The molecule has 1 aliphatic carbocycles. The SMILES string of the molecule is CC(=O)Nc1ccc(NC(=O)[C@@H](C)Sc2nnc(Cc3cccs3)n2C2CC2)cc1. The maximum atomic E-state index is 12.7. The van der Waals surface area contributed by atoms with E-state index in [1.807, 2.05) is 13.0 Å². The number of benzene rings is 1. The van der Waals surface area contributed by atoms with E-state index in [-0.39, 0.29) is 17.1 Å². The first-order chi connectivity index (χ1) is 14.5. The summed E-state index contributed by atoms with van der Waals surface area (Å²) in [6.45, 7) is 3.33. The number of carbonyl (C=O) groups excluding carboxylic acids is 2. The summed E-state index contributed by atoms with van der Waals surface area (Å²) < 4.78 is 2.20. The minimum absolute atomic E-state index is 0.0996. The molecule has 1 atom stereocenters. The zero-order valence-corrected chi connectivity index (χ0v) is 18.4. The lowest BCUT2D eigenvalue weighted by Gasteiger charge is -2.13. The van der Waals surface area contributed by atoms with Gasteiger partial charge in [-0.15, -0.1) is 21.5 Å². The lowest BCUT2D eigenvalue weighted by Crippen LogP contribution is -2.23. The second kappa shape index (κ2) is 9.01. The number of aromatic nitrogens is 3. The molecule has 1 aromatic carbocycles. The third kappa shape index (κ3) is 5.09. The van der Waals surface area contributed by atoms with Crippen LogP contribution in [0.1, 0.15) is 43.4 Å². The number of nitrogens with zero attached hydrogens (tertiary/aromatic N) is 3. The summed E-state index contributed by atoms with van der Waals surface area (Å²) in [5, 5.41) is 17.0. The Hall–Kier alpha value is -2.65. The maximum Gasteiger partial charge on any atom is 0.237 e. The van der Waals surface area contributed by atoms with Crippen molar-refractivity contribution in [1.82, 2.24) is 14.8 Å². The van der Waals surface area contributed by atoms with Gasteiger partial charge in [0.15, 0.2) is 5.16 Å². The number of hydrogen-bond acceptors (Lipinski definition) is 6. The topological polar surface area (TPSA) is 88.9 Å². The van der Waals surface area contributed by atoms with E-state index in [0.717, 1.165) is 30.2 Å². The first-order valence-corrected chi connectivity index (χ1v) is 11.6. The number of rotatable bonds is 8. The Morgan fingerprint density at radius 2 is 1.87 bits per heavy atom. The smallest absolute Gasteiger partial charge is 0.237 e. The quantitative estimate of drug-likeness (QED) is 0.508. The van der Waals surface area contributed by atoms with Gasteiger partial charge in [0.25, 0.3) is 0 Å². The molecule has 1 saturated carbocycles. The molecule has 156 valence electrons. The monoisotopic (exact) mass is 441 g/mol. The van der Waals surface area contributed by atoms with E-state index < -0.39 is 0 Å². The Bertz CT molecular complexity index is 1030. The second-order valence-corrected chi connectivity index (χ2v) is 9.60. The van der Waals surface area contributed by atoms with Gasteiger partial charge in [-0.1, -0.05) is 17.8 Å². The van der Waals surface area contributed by atoms with E-state index in [9.17, 15) is 9.59 Å². The van der Waals surface area contributed by atoms with Crippen molar-refractivity contribution in [1.29, 1.82) is 0 Å². The maximum absolute atomic E-state index is 12.7. The van der Waals surface area contributed by atoms with Gasteiger partial charge in [0.1, 0.15) is 5.82 Å². The van der Waals surface area contributed by atoms with Crippen LogP contribution in [0, 0.1) is 0 Å². The highest BCUT2D eigenvalue weighted by atomic mass is 32.2. The molecule has 0 bridgehead atoms. The van der Waals surface area contributed by atoms with E-state index in [2.05, 4.69) is 36.8 Å². The Morgan fingerprint density at radius 3 is 2.47 bits per heavy atom. The van der Waals surface area contributed by atoms with Crippen molar-refractivity contribution in [3.05, 3.63) is 52.5 Å². The average molecular weight is 442 g/mol. The number of hydrogen-bond donors (Lipinski definition) is 2. The van der Waals surface area contributed by atoms with Gasteiger partial charge in [-0.25, -0.2) is 0 Å². The highest BCUT2D eigenvalue weighted by molar-refractivity contribution is 8.00.